The zero-order chi connectivity index (χ0) is 26.2. The number of amides is 3. The molecule has 14 heteroatoms. The number of nitrogens with one attached hydrogen (secondary N) is 1. The Morgan fingerprint density at radius 1 is 1.21 bits per heavy atom. The monoisotopic (exact) mass is 492 g/mol. The average Bonchev–Trinajstić information content (AvgIpc) is 2.76. The molecule has 1 fully saturated rings. The molecule has 1 heterocycles. The van der Waals surface area contributed by atoms with E-state index in [9.17, 15) is 34.5 Å². The molecule has 1 unspecified atom stereocenters. The molecule has 0 aromatic carbocycles. The Bertz CT molecular complexity index is 721. The third-order valence-electron chi connectivity index (χ3n) is 5.27. The predicted molar refractivity (Wildman–Crippen MR) is 116 cm³/mol. The Balaban J connectivity index is 3.18. The number of primary amides is 1. The van der Waals surface area contributed by atoms with Gasteiger partial charge in [-0.05, 0) is 20.3 Å². The van der Waals surface area contributed by atoms with E-state index in [4.69, 9.17) is 25.7 Å². The van der Waals surface area contributed by atoms with Crippen molar-refractivity contribution < 1.29 is 48.7 Å². The summed E-state index contributed by atoms with van der Waals surface area (Å²) in [7, 11) is 1.13. The SMILES string of the molecule is COC(=O)[C@H](CCC(N)=O)N(CC(C)O[C@H]1[C@H](O)[C@@H](CO)O[C@H](O)[C@@H]1NC(C)=O)C(=O)[C@H](C)N. The number of hydrogen-bond donors (Lipinski definition) is 6. The lowest BCUT2D eigenvalue weighted by atomic mass is 9.96. The van der Waals surface area contributed by atoms with E-state index in [0.717, 1.165) is 12.0 Å². The molecular formula is C20H36N4O10. The molecule has 14 nitrogen and oxygen atoms in total. The number of nitrogens with zero attached hydrogens (tertiary/aromatic N) is 1. The summed E-state index contributed by atoms with van der Waals surface area (Å²) in [5, 5.41) is 32.7. The molecule has 1 rings (SSSR count). The summed E-state index contributed by atoms with van der Waals surface area (Å²) in [6.07, 6.45) is -6.69. The molecular weight excluding hydrogens is 456 g/mol. The molecule has 0 saturated carbocycles. The first-order chi connectivity index (χ1) is 15.8. The van der Waals surface area contributed by atoms with E-state index in [0.29, 0.717) is 0 Å². The standard InChI is InChI=1S/C20H36N4O10/c1-9(33-17-15(23-11(3)26)20(31)34-13(8-25)16(17)28)7-24(18(29)10(2)21)12(19(30)32-4)5-6-14(22)27/h9-10,12-13,15-17,20,25,28,31H,5-8,21H2,1-4H3,(H2,22,27)(H,23,26)/t9?,10-,12-,13+,15+,16+,17+,20-/m0/s1. The lowest BCUT2D eigenvalue weighted by Gasteiger charge is -2.44. The first kappa shape index (κ1) is 29.7. The largest absolute Gasteiger partial charge is 0.467 e. The molecule has 196 valence electrons. The Kier molecular flexibility index (Phi) is 11.8. The van der Waals surface area contributed by atoms with E-state index >= 15 is 0 Å². The molecule has 34 heavy (non-hydrogen) atoms. The van der Waals surface area contributed by atoms with Crippen molar-refractivity contribution in [1.29, 1.82) is 0 Å². The van der Waals surface area contributed by atoms with Crippen molar-refractivity contribution in [2.45, 2.75) is 82.4 Å². The fourth-order valence-electron chi connectivity index (χ4n) is 3.67. The number of rotatable bonds is 12. The number of aliphatic hydroxyl groups is 3. The first-order valence-electron chi connectivity index (χ1n) is 10.8. The zero-order valence-corrected chi connectivity index (χ0v) is 19.7. The van der Waals surface area contributed by atoms with Crippen LogP contribution in [0, 0.1) is 0 Å². The number of ether oxygens (including phenoxy) is 3. The van der Waals surface area contributed by atoms with E-state index in [2.05, 4.69) is 5.32 Å². The van der Waals surface area contributed by atoms with Crippen LogP contribution in [0.15, 0.2) is 0 Å². The number of aliphatic hydroxyl groups excluding tert-OH is 3. The van der Waals surface area contributed by atoms with Gasteiger partial charge in [0.05, 0.1) is 25.9 Å². The van der Waals surface area contributed by atoms with Gasteiger partial charge >= 0.3 is 5.97 Å². The molecule has 8 N–H and O–H groups in total. The van der Waals surface area contributed by atoms with Crippen LogP contribution >= 0.6 is 0 Å². The summed E-state index contributed by atoms with van der Waals surface area (Å²) in [5.41, 5.74) is 10.9. The van der Waals surface area contributed by atoms with Gasteiger partial charge in [0, 0.05) is 19.9 Å². The number of carbonyl (C=O) groups excluding carboxylic acids is 4. The first-order valence-corrected chi connectivity index (χ1v) is 10.8. The third-order valence-corrected chi connectivity index (χ3v) is 5.27. The van der Waals surface area contributed by atoms with Gasteiger partial charge in [0.25, 0.3) is 0 Å². The lowest BCUT2D eigenvalue weighted by molar-refractivity contribution is -0.268. The molecule has 0 aromatic rings. The second-order valence-corrected chi connectivity index (χ2v) is 8.20. The Hall–Kier alpha value is -2.36. The maximum atomic E-state index is 12.8. The highest BCUT2D eigenvalue weighted by atomic mass is 16.6. The fraction of sp³-hybridized carbons (Fsp3) is 0.800. The number of nitrogens with two attached hydrogens (primary N) is 2. The summed E-state index contributed by atoms with van der Waals surface area (Å²) < 4.78 is 15.8. The fourth-order valence-corrected chi connectivity index (χ4v) is 3.67. The van der Waals surface area contributed by atoms with Crippen molar-refractivity contribution in [3.05, 3.63) is 0 Å². The van der Waals surface area contributed by atoms with Crippen molar-refractivity contribution in [3.63, 3.8) is 0 Å². The van der Waals surface area contributed by atoms with Gasteiger partial charge in [0.15, 0.2) is 6.29 Å². The van der Waals surface area contributed by atoms with E-state index in [1.165, 1.54) is 20.8 Å². The summed E-state index contributed by atoms with van der Waals surface area (Å²) in [5.74, 6) is -2.64. The molecule has 8 atom stereocenters. The van der Waals surface area contributed by atoms with Gasteiger partial charge in [-0.3, -0.25) is 14.4 Å². The predicted octanol–water partition coefficient (Wildman–Crippen LogP) is -3.68. The van der Waals surface area contributed by atoms with Crippen LogP contribution in [0.25, 0.3) is 0 Å². The molecule has 0 aliphatic carbocycles. The molecule has 1 saturated heterocycles. The Labute approximate surface area is 197 Å². The molecule has 0 bridgehead atoms. The van der Waals surface area contributed by atoms with Crippen LogP contribution < -0.4 is 16.8 Å². The van der Waals surface area contributed by atoms with Crippen LogP contribution in [0.5, 0.6) is 0 Å². The van der Waals surface area contributed by atoms with E-state index in [1.807, 2.05) is 0 Å². The molecule has 1 aliphatic rings. The van der Waals surface area contributed by atoms with Crippen molar-refractivity contribution in [2.75, 3.05) is 20.3 Å². The normalized spacial score (nSPS) is 27.2. The van der Waals surface area contributed by atoms with E-state index < -0.39 is 79.1 Å². The van der Waals surface area contributed by atoms with Crippen LogP contribution in [-0.4, -0.2) is 113 Å². The van der Waals surface area contributed by atoms with Gasteiger partial charge in [0.1, 0.15) is 30.4 Å². The average molecular weight is 493 g/mol. The quantitative estimate of drug-likeness (QED) is 0.145. The van der Waals surface area contributed by atoms with Gasteiger partial charge in [-0.15, -0.1) is 0 Å². The van der Waals surface area contributed by atoms with Crippen LogP contribution in [0.1, 0.15) is 33.6 Å². The van der Waals surface area contributed by atoms with Crippen molar-refractivity contribution in [1.82, 2.24) is 10.2 Å². The van der Waals surface area contributed by atoms with Gasteiger partial charge < -0.3 is 51.2 Å². The highest BCUT2D eigenvalue weighted by Gasteiger charge is 2.46. The van der Waals surface area contributed by atoms with Crippen LogP contribution in [0.4, 0.5) is 0 Å². The van der Waals surface area contributed by atoms with Gasteiger partial charge in [0.2, 0.25) is 17.7 Å². The molecule has 0 radical (unpaired) electrons. The van der Waals surface area contributed by atoms with Gasteiger partial charge in [-0.2, -0.15) is 0 Å². The van der Waals surface area contributed by atoms with E-state index in [-0.39, 0.29) is 19.4 Å². The van der Waals surface area contributed by atoms with Crippen LogP contribution in [0.3, 0.4) is 0 Å². The van der Waals surface area contributed by atoms with Crippen LogP contribution in [0.2, 0.25) is 0 Å². The summed E-state index contributed by atoms with van der Waals surface area (Å²) in [6, 6.07) is -3.39. The summed E-state index contributed by atoms with van der Waals surface area (Å²) in [6.45, 7) is 3.28. The highest BCUT2D eigenvalue weighted by Crippen LogP contribution is 2.24. The second kappa shape index (κ2) is 13.5. The van der Waals surface area contributed by atoms with Crippen molar-refractivity contribution >= 4 is 23.7 Å². The molecule has 0 spiro atoms. The lowest BCUT2D eigenvalue weighted by Crippen LogP contribution is -2.65. The van der Waals surface area contributed by atoms with E-state index in [1.54, 1.807) is 0 Å². The highest BCUT2D eigenvalue weighted by molar-refractivity contribution is 5.87. The molecule has 0 aromatic heterocycles. The minimum atomic E-state index is -1.60. The number of hydrogen-bond acceptors (Lipinski definition) is 11. The smallest absolute Gasteiger partial charge is 0.328 e. The molecule has 3 amide bonds. The minimum Gasteiger partial charge on any atom is -0.467 e. The topological polar surface area (TPSA) is 224 Å². The van der Waals surface area contributed by atoms with Gasteiger partial charge in [-0.1, -0.05) is 0 Å². The Morgan fingerprint density at radius 3 is 2.29 bits per heavy atom. The zero-order valence-electron chi connectivity index (χ0n) is 19.7. The van der Waals surface area contributed by atoms with Crippen molar-refractivity contribution in [3.8, 4) is 0 Å². The third kappa shape index (κ3) is 8.14. The number of methoxy groups -OCH3 is 1. The second-order valence-electron chi connectivity index (χ2n) is 8.20. The number of esters is 1. The molecule has 1 aliphatic heterocycles. The maximum Gasteiger partial charge on any atom is 0.328 e. The maximum absolute atomic E-state index is 12.8. The number of carbonyl (C=O) groups is 4. The Morgan fingerprint density at radius 2 is 1.82 bits per heavy atom. The summed E-state index contributed by atoms with van der Waals surface area (Å²) in [4.78, 5) is 49.2. The van der Waals surface area contributed by atoms with Crippen LogP contribution in [-0.2, 0) is 33.4 Å². The van der Waals surface area contributed by atoms with Crippen molar-refractivity contribution in [2.24, 2.45) is 11.5 Å². The van der Waals surface area contributed by atoms with Gasteiger partial charge in [-0.25, -0.2) is 4.79 Å². The minimum absolute atomic E-state index is 0.118. The summed E-state index contributed by atoms with van der Waals surface area (Å²) >= 11 is 0.